The molecule has 0 N–H and O–H groups in total. The standard InChI is InChI=1S/C46H28O/c1-2-13-29(14-3-1)43-36-19-8-10-21-38(36)45(39-22-11-9-20-37(39)43)41-24-12-23-40-35-26-25-32(28-42(35)47-46(40)41)44-33-17-6-4-15-30(33)27-31-16-5-7-18-34(31)44/h1-28H. The molecular weight excluding hydrogens is 569 g/mol. The fourth-order valence-corrected chi connectivity index (χ4v) is 7.81. The minimum Gasteiger partial charge on any atom is -0.455 e. The van der Waals surface area contributed by atoms with Crippen molar-refractivity contribution in [3.05, 3.63) is 170 Å². The Balaban J connectivity index is 1.26. The fourth-order valence-electron chi connectivity index (χ4n) is 7.81. The molecule has 1 heterocycles. The van der Waals surface area contributed by atoms with Gasteiger partial charge in [-0.2, -0.15) is 0 Å². The maximum atomic E-state index is 6.94. The molecule has 0 saturated carbocycles. The Morgan fingerprint density at radius 2 is 0.809 bits per heavy atom. The van der Waals surface area contributed by atoms with Crippen LogP contribution in [0.1, 0.15) is 0 Å². The molecule has 0 fully saturated rings. The van der Waals surface area contributed by atoms with Crippen LogP contribution in [0.3, 0.4) is 0 Å². The zero-order valence-corrected chi connectivity index (χ0v) is 25.6. The van der Waals surface area contributed by atoms with Crippen LogP contribution in [-0.4, -0.2) is 0 Å². The molecule has 0 saturated heterocycles. The Morgan fingerprint density at radius 1 is 0.298 bits per heavy atom. The second-order valence-corrected chi connectivity index (χ2v) is 12.4. The minimum absolute atomic E-state index is 0.900. The van der Waals surface area contributed by atoms with Crippen molar-refractivity contribution in [2.75, 3.05) is 0 Å². The Bertz CT molecular complexity index is 2730. The number of rotatable bonds is 3. The third kappa shape index (κ3) is 3.90. The van der Waals surface area contributed by atoms with E-state index >= 15 is 0 Å². The zero-order chi connectivity index (χ0) is 30.9. The minimum atomic E-state index is 0.900. The van der Waals surface area contributed by atoms with Gasteiger partial charge in [0.2, 0.25) is 0 Å². The molecular formula is C46H28O. The first-order valence-corrected chi connectivity index (χ1v) is 16.2. The van der Waals surface area contributed by atoms with Crippen LogP contribution in [0.5, 0.6) is 0 Å². The van der Waals surface area contributed by atoms with Crippen molar-refractivity contribution >= 4 is 65.0 Å². The van der Waals surface area contributed by atoms with E-state index in [1.165, 1.54) is 65.3 Å². The highest BCUT2D eigenvalue weighted by Gasteiger charge is 2.20. The van der Waals surface area contributed by atoms with Crippen molar-refractivity contribution in [2.24, 2.45) is 0 Å². The van der Waals surface area contributed by atoms with Crippen LogP contribution in [0.4, 0.5) is 0 Å². The number of para-hydroxylation sites is 1. The summed E-state index contributed by atoms with van der Waals surface area (Å²) >= 11 is 0. The number of hydrogen-bond acceptors (Lipinski definition) is 1. The molecule has 0 aliphatic carbocycles. The van der Waals surface area contributed by atoms with Crippen molar-refractivity contribution < 1.29 is 4.42 Å². The largest absolute Gasteiger partial charge is 0.455 e. The van der Waals surface area contributed by atoms with Crippen LogP contribution in [0.15, 0.2) is 174 Å². The maximum absolute atomic E-state index is 6.94. The van der Waals surface area contributed by atoms with E-state index in [1.807, 2.05) is 0 Å². The Labute approximate surface area is 271 Å². The molecule has 218 valence electrons. The van der Waals surface area contributed by atoms with Gasteiger partial charge in [-0.15, -0.1) is 0 Å². The van der Waals surface area contributed by atoms with E-state index < -0.39 is 0 Å². The third-order valence-electron chi connectivity index (χ3n) is 9.82. The summed E-state index contributed by atoms with van der Waals surface area (Å²) in [5.74, 6) is 0. The molecule has 1 heteroatoms. The van der Waals surface area contributed by atoms with Crippen LogP contribution in [0.2, 0.25) is 0 Å². The number of hydrogen-bond donors (Lipinski definition) is 0. The fraction of sp³-hybridized carbons (Fsp3) is 0. The van der Waals surface area contributed by atoms with Gasteiger partial charge in [0.05, 0.1) is 0 Å². The van der Waals surface area contributed by atoms with Crippen LogP contribution >= 0.6 is 0 Å². The molecule has 0 atom stereocenters. The molecule has 10 rings (SSSR count). The summed E-state index contributed by atoms with van der Waals surface area (Å²) < 4.78 is 6.94. The van der Waals surface area contributed by atoms with Gasteiger partial charge in [0, 0.05) is 21.9 Å². The predicted molar refractivity (Wildman–Crippen MR) is 200 cm³/mol. The Hall–Kier alpha value is -6.18. The summed E-state index contributed by atoms with van der Waals surface area (Å²) in [5.41, 5.74) is 9.04. The van der Waals surface area contributed by atoms with E-state index in [2.05, 4.69) is 170 Å². The van der Waals surface area contributed by atoms with Gasteiger partial charge >= 0.3 is 0 Å². The average molecular weight is 597 g/mol. The van der Waals surface area contributed by atoms with E-state index in [-0.39, 0.29) is 0 Å². The van der Waals surface area contributed by atoms with Gasteiger partial charge in [-0.1, -0.05) is 152 Å². The van der Waals surface area contributed by atoms with Crippen molar-refractivity contribution in [3.8, 4) is 33.4 Å². The topological polar surface area (TPSA) is 13.1 Å². The van der Waals surface area contributed by atoms with Crippen molar-refractivity contribution in [3.63, 3.8) is 0 Å². The third-order valence-corrected chi connectivity index (χ3v) is 9.82. The molecule has 10 aromatic rings. The normalized spacial score (nSPS) is 11.8. The highest BCUT2D eigenvalue weighted by Crippen LogP contribution is 2.47. The van der Waals surface area contributed by atoms with E-state index in [1.54, 1.807) is 0 Å². The smallest absolute Gasteiger partial charge is 0.143 e. The first-order valence-electron chi connectivity index (χ1n) is 16.2. The Morgan fingerprint density at radius 3 is 1.45 bits per heavy atom. The molecule has 0 spiro atoms. The Kier molecular flexibility index (Phi) is 5.64. The van der Waals surface area contributed by atoms with Crippen molar-refractivity contribution in [1.82, 2.24) is 0 Å². The lowest BCUT2D eigenvalue weighted by Crippen LogP contribution is -1.90. The van der Waals surface area contributed by atoms with E-state index in [0.29, 0.717) is 0 Å². The van der Waals surface area contributed by atoms with Crippen LogP contribution in [0.25, 0.3) is 98.4 Å². The summed E-state index contributed by atoms with van der Waals surface area (Å²) in [4.78, 5) is 0. The first-order chi connectivity index (χ1) is 23.3. The summed E-state index contributed by atoms with van der Waals surface area (Å²) in [6.45, 7) is 0. The monoisotopic (exact) mass is 596 g/mol. The van der Waals surface area contributed by atoms with Gasteiger partial charge in [-0.05, 0) is 83.5 Å². The SMILES string of the molecule is c1ccc(-c2c3ccccc3c(-c3cccc4c3oc3cc(-c5c6ccccc6cc6ccccc56)ccc34)c3ccccc23)cc1. The molecule has 0 radical (unpaired) electrons. The summed E-state index contributed by atoms with van der Waals surface area (Å²) in [7, 11) is 0. The van der Waals surface area contributed by atoms with Gasteiger partial charge in [0.25, 0.3) is 0 Å². The number of furan rings is 1. The van der Waals surface area contributed by atoms with Gasteiger partial charge in [0.15, 0.2) is 0 Å². The van der Waals surface area contributed by atoms with Gasteiger partial charge < -0.3 is 4.42 Å². The average Bonchev–Trinajstić information content (AvgIpc) is 3.51. The number of benzene rings is 9. The molecule has 1 nitrogen and oxygen atoms in total. The molecule has 9 aromatic carbocycles. The van der Waals surface area contributed by atoms with Crippen molar-refractivity contribution in [2.45, 2.75) is 0 Å². The lowest BCUT2D eigenvalue weighted by molar-refractivity contribution is 0.670. The lowest BCUT2D eigenvalue weighted by atomic mass is 9.85. The van der Waals surface area contributed by atoms with Gasteiger partial charge in [-0.25, -0.2) is 0 Å². The zero-order valence-electron chi connectivity index (χ0n) is 25.6. The second-order valence-electron chi connectivity index (χ2n) is 12.4. The molecule has 0 amide bonds. The molecule has 0 aliphatic heterocycles. The van der Waals surface area contributed by atoms with Crippen LogP contribution in [0, 0.1) is 0 Å². The maximum Gasteiger partial charge on any atom is 0.143 e. The molecule has 1 aromatic heterocycles. The molecule has 47 heavy (non-hydrogen) atoms. The van der Waals surface area contributed by atoms with Gasteiger partial charge in [0.1, 0.15) is 11.2 Å². The molecule has 0 aliphatic rings. The summed E-state index contributed by atoms with van der Waals surface area (Å²) in [5, 5.41) is 12.2. The summed E-state index contributed by atoms with van der Waals surface area (Å²) in [6, 6.07) is 61.4. The van der Waals surface area contributed by atoms with Crippen LogP contribution in [-0.2, 0) is 0 Å². The lowest BCUT2D eigenvalue weighted by Gasteiger charge is -2.17. The van der Waals surface area contributed by atoms with E-state index in [9.17, 15) is 0 Å². The number of fused-ring (bicyclic) bond motifs is 7. The molecule has 0 bridgehead atoms. The highest BCUT2D eigenvalue weighted by molar-refractivity contribution is 6.24. The highest BCUT2D eigenvalue weighted by atomic mass is 16.3. The molecule has 0 unspecified atom stereocenters. The predicted octanol–water partition coefficient (Wildman–Crippen LogP) is 13.2. The van der Waals surface area contributed by atoms with E-state index in [4.69, 9.17) is 4.42 Å². The first kappa shape index (κ1) is 26.1. The van der Waals surface area contributed by atoms with Crippen LogP contribution < -0.4 is 0 Å². The quantitative estimate of drug-likeness (QED) is 0.185. The van der Waals surface area contributed by atoms with E-state index in [0.717, 1.165) is 33.1 Å². The second kappa shape index (κ2) is 10.2. The van der Waals surface area contributed by atoms with Gasteiger partial charge in [-0.3, -0.25) is 0 Å². The summed E-state index contributed by atoms with van der Waals surface area (Å²) in [6.07, 6.45) is 0. The van der Waals surface area contributed by atoms with Crippen molar-refractivity contribution in [1.29, 1.82) is 0 Å².